The number of carbonyl (C=O) groups excluding carboxylic acids is 1. The maximum atomic E-state index is 11.5. The molecule has 1 amide bonds. The molecule has 3 N–H and O–H groups in total. The number of amides is 1. The molecule has 0 aliphatic rings. The normalized spacial score (nSPS) is 10.0. The first kappa shape index (κ1) is 10.2. The monoisotopic (exact) mass is 217 g/mol. The SMILES string of the molecule is Nc1nc(C(=O)NCc2ccccc2)co1. The van der Waals surface area contributed by atoms with E-state index in [2.05, 4.69) is 10.3 Å². The summed E-state index contributed by atoms with van der Waals surface area (Å²) in [7, 11) is 0. The molecule has 0 spiro atoms. The predicted molar refractivity (Wildman–Crippen MR) is 58.5 cm³/mol. The molecule has 0 fully saturated rings. The van der Waals surface area contributed by atoms with E-state index >= 15 is 0 Å². The highest BCUT2D eigenvalue weighted by Gasteiger charge is 2.09. The van der Waals surface area contributed by atoms with Gasteiger partial charge in [0.1, 0.15) is 6.26 Å². The minimum atomic E-state index is -0.302. The molecule has 0 aliphatic heterocycles. The third-order valence-electron chi connectivity index (χ3n) is 2.05. The number of oxazole rings is 1. The smallest absolute Gasteiger partial charge is 0.292 e. The molecule has 16 heavy (non-hydrogen) atoms. The quantitative estimate of drug-likeness (QED) is 0.809. The Hall–Kier alpha value is -2.30. The Kier molecular flexibility index (Phi) is 2.86. The number of nitrogens with two attached hydrogens (primary N) is 1. The van der Waals surface area contributed by atoms with Crippen molar-refractivity contribution >= 4 is 11.9 Å². The van der Waals surface area contributed by atoms with Crippen molar-refractivity contribution in [2.75, 3.05) is 5.73 Å². The highest BCUT2D eigenvalue weighted by Crippen LogP contribution is 2.03. The molecule has 0 saturated heterocycles. The largest absolute Gasteiger partial charge is 0.431 e. The van der Waals surface area contributed by atoms with E-state index in [4.69, 9.17) is 10.2 Å². The second kappa shape index (κ2) is 4.48. The van der Waals surface area contributed by atoms with Crippen molar-refractivity contribution in [3.8, 4) is 0 Å². The molecule has 1 aromatic heterocycles. The summed E-state index contributed by atoms with van der Waals surface area (Å²) < 4.78 is 4.74. The maximum Gasteiger partial charge on any atom is 0.292 e. The van der Waals surface area contributed by atoms with Crippen LogP contribution in [0.5, 0.6) is 0 Å². The molecule has 2 aromatic rings. The second-order valence-corrected chi connectivity index (χ2v) is 3.24. The van der Waals surface area contributed by atoms with Gasteiger partial charge < -0.3 is 15.5 Å². The molecule has 2 rings (SSSR count). The van der Waals surface area contributed by atoms with E-state index in [0.717, 1.165) is 5.56 Å². The Labute approximate surface area is 92.3 Å². The summed E-state index contributed by atoms with van der Waals surface area (Å²) in [5.41, 5.74) is 6.47. The van der Waals surface area contributed by atoms with Gasteiger partial charge in [-0.15, -0.1) is 0 Å². The van der Waals surface area contributed by atoms with E-state index < -0.39 is 0 Å². The first-order chi connectivity index (χ1) is 7.75. The molecule has 0 radical (unpaired) electrons. The fourth-order valence-corrected chi connectivity index (χ4v) is 1.26. The van der Waals surface area contributed by atoms with Crippen molar-refractivity contribution in [2.45, 2.75) is 6.54 Å². The average molecular weight is 217 g/mol. The summed E-state index contributed by atoms with van der Waals surface area (Å²) in [4.78, 5) is 15.3. The lowest BCUT2D eigenvalue weighted by atomic mass is 10.2. The molecule has 0 atom stereocenters. The number of nitrogen functional groups attached to an aromatic ring is 1. The van der Waals surface area contributed by atoms with Gasteiger partial charge in [-0.3, -0.25) is 4.79 Å². The average Bonchev–Trinajstić information content (AvgIpc) is 2.74. The summed E-state index contributed by atoms with van der Waals surface area (Å²) in [5.74, 6) is -0.302. The van der Waals surface area contributed by atoms with Gasteiger partial charge in [0.2, 0.25) is 0 Å². The molecule has 1 heterocycles. The van der Waals surface area contributed by atoms with Crippen LogP contribution < -0.4 is 11.1 Å². The zero-order chi connectivity index (χ0) is 11.4. The van der Waals surface area contributed by atoms with Crippen LogP contribution in [0.15, 0.2) is 41.0 Å². The fourth-order valence-electron chi connectivity index (χ4n) is 1.26. The molecular formula is C11H11N3O2. The lowest BCUT2D eigenvalue weighted by Gasteiger charge is -2.02. The van der Waals surface area contributed by atoms with E-state index in [1.54, 1.807) is 0 Å². The zero-order valence-electron chi connectivity index (χ0n) is 8.51. The van der Waals surface area contributed by atoms with E-state index in [9.17, 15) is 4.79 Å². The number of anilines is 1. The lowest BCUT2D eigenvalue weighted by molar-refractivity contribution is 0.0946. The van der Waals surface area contributed by atoms with Crippen molar-refractivity contribution in [3.63, 3.8) is 0 Å². The Morgan fingerprint density at radius 1 is 1.38 bits per heavy atom. The van der Waals surface area contributed by atoms with Crippen molar-refractivity contribution in [3.05, 3.63) is 47.9 Å². The van der Waals surface area contributed by atoms with Gasteiger partial charge in [-0.25, -0.2) is 0 Å². The van der Waals surface area contributed by atoms with Gasteiger partial charge in [-0.1, -0.05) is 30.3 Å². The summed E-state index contributed by atoms with van der Waals surface area (Å²) >= 11 is 0. The van der Waals surface area contributed by atoms with Crippen LogP contribution in [0, 0.1) is 0 Å². The number of rotatable bonds is 3. The molecular weight excluding hydrogens is 206 g/mol. The van der Waals surface area contributed by atoms with Crippen LogP contribution in [-0.2, 0) is 6.54 Å². The Balaban J connectivity index is 1.94. The Morgan fingerprint density at radius 3 is 2.75 bits per heavy atom. The van der Waals surface area contributed by atoms with Crippen LogP contribution in [0.4, 0.5) is 6.01 Å². The van der Waals surface area contributed by atoms with Crippen molar-refractivity contribution in [1.82, 2.24) is 10.3 Å². The van der Waals surface area contributed by atoms with Crippen LogP contribution in [-0.4, -0.2) is 10.9 Å². The highest BCUT2D eigenvalue weighted by molar-refractivity contribution is 5.92. The number of benzene rings is 1. The second-order valence-electron chi connectivity index (χ2n) is 3.24. The van der Waals surface area contributed by atoms with Crippen LogP contribution in [0.3, 0.4) is 0 Å². The third kappa shape index (κ3) is 2.38. The van der Waals surface area contributed by atoms with Crippen molar-refractivity contribution in [1.29, 1.82) is 0 Å². The van der Waals surface area contributed by atoms with E-state index in [-0.39, 0.29) is 17.6 Å². The Bertz CT molecular complexity index is 479. The van der Waals surface area contributed by atoms with Crippen molar-refractivity contribution in [2.24, 2.45) is 0 Å². The predicted octanol–water partition coefficient (Wildman–Crippen LogP) is 1.19. The van der Waals surface area contributed by atoms with Crippen LogP contribution >= 0.6 is 0 Å². The van der Waals surface area contributed by atoms with Crippen LogP contribution in [0.25, 0.3) is 0 Å². The minimum absolute atomic E-state index is 0.00939. The first-order valence-corrected chi connectivity index (χ1v) is 4.79. The number of hydrogen-bond donors (Lipinski definition) is 2. The fraction of sp³-hybridized carbons (Fsp3) is 0.0909. The number of nitrogens with zero attached hydrogens (tertiary/aromatic N) is 1. The minimum Gasteiger partial charge on any atom is -0.431 e. The summed E-state index contributed by atoms with van der Waals surface area (Å²) in [5, 5.41) is 2.71. The molecule has 0 bridgehead atoms. The molecule has 0 aliphatic carbocycles. The van der Waals surface area contributed by atoms with Gasteiger partial charge in [0.05, 0.1) is 0 Å². The molecule has 5 nitrogen and oxygen atoms in total. The molecule has 1 aromatic carbocycles. The highest BCUT2D eigenvalue weighted by atomic mass is 16.4. The number of hydrogen-bond acceptors (Lipinski definition) is 4. The zero-order valence-corrected chi connectivity index (χ0v) is 8.51. The van der Waals surface area contributed by atoms with Gasteiger partial charge in [0.25, 0.3) is 11.9 Å². The van der Waals surface area contributed by atoms with Gasteiger partial charge in [-0.05, 0) is 5.56 Å². The maximum absolute atomic E-state index is 11.5. The van der Waals surface area contributed by atoms with Gasteiger partial charge in [0.15, 0.2) is 5.69 Å². The van der Waals surface area contributed by atoms with Gasteiger partial charge in [-0.2, -0.15) is 4.98 Å². The first-order valence-electron chi connectivity index (χ1n) is 4.79. The van der Waals surface area contributed by atoms with Crippen LogP contribution in [0.2, 0.25) is 0 Å². The number of nitrogens with one attached hydrogen (secondary N) is 1. The summed E-state index contributed by atoms with van der Waals surface area (Å²) in [6.07, 6.45) is 1.23. The van der Waals surface area contributed by atoms with Gasteiger partial charge >= 0.3 is 0 Å². The van der Waals surface area contributed by atoms with Crippen molar-refractivity contribution < 1.29 is 9.21 Å². The van der Waals surface area contributed by atoms with E-state index in [1.807, 2.05) is 30.3 Å². The van der Waals surface area contributed by atoms with E-state index in [0.29, 0.717) is 6.54 Å². The molecule has 5 heteroatoms. The standard InChI is InChI=1S/C11H11N3O2/c12-11-14-9(7-16-11)10(15)13-6-8-4-2-1-3-5-8/h1-5,7H,6H2,(H2,12,14)(H,13,15). The third-order valence-corrected chi connectivity index (χ3v) is 2.05. The molecule has 0 unspecified atom stereocenters. The number of carbonyl (C=O) groups is 1. The number of aromatic nitrogens is 1. The molecule has 0 saturated carbocycles. The van der Waals surface area contributed by atoms with Gasteiger partial charge in [0, 0.05) is 6.54 Å². The summed E-state index contributed by atoms with van der Waals surface area (Å²) in [6, 6.07) is 9.59. The summed E-state index contributed by atoms with van der Waals surface area (Å²) in [6.45, 7) is 0.451. The van der Waals surface area contributed by atoms with Crippen LogP contribution in [0.1, 0.15) is 16.1 Å². The molecule has 82 valence electrons. The topological polar surface area (TPSA) is 81.1 Å². The lowest BCUT2D eigenvalue weighted by Crippen LogP contribution is -2.23. The van der Waals surface area contributed by atoms with E-state index in [1.165, 1.54) is 6.26 Å². The Morgan fingerprint density at radius 2 is 2.12 bits per heavy atom.